The van der Waals surface area contributed by atoms with E-state index in [0.29, 0.717) is 6.42 Å². The molecule has 0 aliphatic heterocycles. The lowest BCUT2D eigenvalue weighted by Crippen LogP contribution is -2.19. The lowest BCUT2D eigenvalue weighted by atomic mass is 9.98. The van der Waals surface area contributed by atoms with Crippen LogP contribution in [-0.4, -0.2) is 11.2 Å². The van der Waals surface area contributed by atoms with Gasteiger partial charge < -0.3 is 5.11 Å². The van der Waals surface area contributed by atoms with Crippen LogP contribution in [0.1, 0.15) is 18.1 Å². The molecule has 0 amide bonds. The van der Waals surface area contributed by atoms with Crippen molar-refractivity contribution in [3.8, 4) is 11.8 Å². The summed E-state index contributed by atoms with van der Waals surface area (Å²) in [6.07, 6.45) is 0.212. The summed E-state index contributed by atoms with van der Waals surface area (Å²) >= 11 is 0. The zero-order chi connectivity index (χ0) is 13.5. The minimum atomic E-state index is -0.432. The SMILES string of the molecule is CC(C#Cc1ccccc1)C(O)Cc1ccccc1. The van der Waals surface area contributed by atoms with Crippen molar-refractivity contribution in [1.82, 2.24) is 0 Å². The predicted octanol–water partition coefficient (Wildman–Crippen LogP) is 3.28. The zero-order valence-electron chi connectivity index (χ0n) is 11.1. The van der Waals surface area contributed by atoms with Gasteiger partial charge in [0.2, 0.25) is 0 Å². The third-order valence-corrected chi connectivity index (χ3v) is 3.08. The van der Waals surface area contributed by atoms with E-state index in [1.807, 2.05) is 67.6 Å². The normalized spacial score (nSPS) is 13.2. The van der Waals surface area contributed by atoms with E-state index in [4.69, 9.17) is 0 Å². The Morgan fingerprint density at radius 2 is 1.53 bits per heavy atom. The first-order valence-electron chi connectivity index (χ1n) is 6.54. The molecule has 0 aliphatic carbocycles. The Morgan fingerprint density at radius 3 is 2.16 bits per heavy atom. The molecular formula is C18H18O. The van der Waals surface area contributed by atoms with E-state index < -0.39 is 6.10 Å². The molecule has 0 fully saturated rings. The van der Waals surface area contributed by atoms with E-state index in [-0.39, 0.29) is 5.92 Å². The second kappa shape index (κ2) is 6.78. The van der Waals surface area contributed by atoms with Gasteiger partial charge in [-0.1, -0.05) is 60.4 Å². The van der Waals surface area contributed by atoms with Crippen molar-refractivity contribution in [3.63, 3.8) is 0 Å². The first kappa shape index (κ1) is 13.4. The second-order valence-corrected chi connectivity index (χ2v) is 4.68. The molecule has 19 heavy (non-hydrogen) atoms. The molecule has 0 saturated heterocycles. The van der Waals surface area contributed by atoms with Crippen molar-refractivity contribution < 1.29 is 5.11 Å². The molecule has 0 aromatic heterocycles. The highest BCUT2D eigenvalue weighted by molar-refractivity contribution is 5.34. The predicted molar refractivity (Wildman–Crippen MR) is 78.6 cm³/mol. The highest BCUT2D eigenvalue weighted by Crippen LogP contribution is 2.10. The maximum atomic E-state index is 10.1. The highest BCUT2D eigenvalue weighted by Gasteiger charge is 2.12. The van der Waals surface area contributed by atoms with Gasteiger partial charge in [0, 0.05) is 11.5 Å². The summed E-state index contributed by atoms with van der Waals surface area (Å²) in [5, 5.41) is 10.1. The lowest BCUT2D eigenvalue weighted by Gasteiger charge is -2.13. The highest BCUT2D eigenvalue weighted by atomic mass is 16.3. The summed E-state index contributed by atoms with van der Waals surface area (Å²) < 4.78 is 0. The Bertz CT molecular complexity index is 548. The first-order valence-corrected chi connectivity index (χ1v) is 6.54. The summed E-state index contributed by atoms with van der Waals surface area (Å²) in [6, 6.07) is 19.9. The molecule has 0 heterocycles. The smallest absolute Gasteiger partial charge is 0.0715 e. The van der Waals surface area contributed by atoms with Crippen molar-refractivity contribution in [2.75, 3.05) is 0 Å². The van der Waals surface area contributed by atoms with Crippen LogP contribution in [0.25, 0.3) is 0 Å². The van der Waals surface area contributed by atoms with Crippen molar-refractivity contribution in [2.24, 2.45) is 5.92 Å². The van der Waals surface area contributed by atoms with Gasteiger partial charge in [-0.05, 0) is 31.0 Å². The third kappa shape index (κ3) is 4.28. The van der Waals surface area contributed by atoms with Gasteiger partial charge in [-0.25, -0.2) is 0 Å². The minimum absolute atomic E-state index is 0.0413. The lowest BCUT2D eigenvalue weighted by molar-refractivity contribution is 0.142. The fourth-order valence-electron chi connectivity index (χ4n) is 1.85. The average Bonchev–Trinajstić information content (AvgIpc) is 2.47. The van der Waals surface area contributed by atoms with Crippen molar-refractivity contribution in [1.29, 1.82) is 0 Å². The summed E-state index contributed by atoms with van der Waals surface area (Å²) in [4.78, 5) is 0. The van der Waals surface area contributed by atoms with Crippen LogP contribution >= 0.6 is 0 Å². The summed E-state index contributed by atoms with van der Waals surface area (Å²) in [6.45, 7) is 1.96. The Hall–Kier alpha value is -2.04. The molecule has 2 rings (SSSR count). The van der Waals surface area contributed by atoms with Crippen LogP contribution in [-0.2, 0) is 6.42 Å². The fourth-order valence-corrected chi connectivity index (χ4v) is 1.85. The zero-order valence-corrected chi connectivity index (χ0v) is 11.1. The molecule has 1 nitrogen and oxygen atoms in total. The van der Waals surface area contributed by atoms with E-state index in [2.05, 4.69) is 11.8 Å². The maximum Gasteiger partial charge on any atom is 0.0715 e. The van der Waals surface area contributed by atoms with Gasteiger partial charge >= 0.3 is 0 Å². The van der Waals surface area contributed by atoms with Gasteiger partial charge in [0.25, 0.3) is 0 Å². The number of rotatable bonds is 3. The molecule has 0 bridgehead atoms. The van der Waals surface area contributed by atoms with Crippen LogP contribution in [0.2, 0.25) is 0 Å². The molecule has 1 N–H and O–H groups in total. The van der Waals surface area contributed by atoms with E-state index >= 15 is 0 Å². The summed E-state index contributed by atoms with van der Waals surface area (Å²) in [5.41, 5.74) is 2.13. The topological polar surface area (TPSA) is 20.2 Å². The molecule has 0 spiro atoms. The average molecular weight is 250 g/mol. The van der Waals surface area contributed by atoms with E-state index in [0.717, 1.165) is 11.1 Å². The van der Waals surface area contributed by atoms with Gasteiger partial charge in [-0.2, -0.15) is 0 Å². The monoisotopic (exact) mass is 250 g/mol. The van der Waals surface area contributed by atoms with E-state index in [1.54, 1.807) is 0 Å². The molecule has 0 aliphatic rings. The molecule has 2 atom stereocenters. The van der Waals surface area contributed by atoms with E-state index in [1.165, 1.54) is 0 Å². The van der Waals surface area contributed by atoms with Crippen LogP contribution in [0, 0.1) is 17.8 Å². The van der Waals surface area contributed by atoms with Crippen molar-refractivity contribution in [3.05, 3.63) is 71.8 Å². The molecule has 2 unspecified atom stereocenters. The molecule has 96 valence electrons. The Morgan fingerprint density at radius 1 is 0.947 bits per heavy atom. The molecule has 0 radical (unpaired) electrons. The molecule has 2 aromatic carbocycles. The maximum absolute atomic E-state index is 10.1. The second-order valence-electron chi connectivity index (χ2n) is 4.68. The van der Waals surface area contributed by atoms with Gasteiger partial charge in [0.05, 0.1) is 6.10 Å². The van der Waals surface area contributed by atoms with Crippen LogP contribution in [0.4, 0.5) is 0 Å². The third-order valence-electron chi connectivity index (χ3n) is 3.08. The standard InChI is InChI=1S/C18H18O/c1-15(12-13-16-8-4-2-5-9-16)18(19)14-17-10-6-3-7-11-17/h2-11,15,18-19H,14H2,1H3. The molecular weight excluding hydrogens is 232 g/mol. The number of hydrogen-bond donors (Lipinski definition) is 1. The molecule has 1 heteroatoms. The van der Waals surface area contributed by atoms with Crippen LogP contribution in [0.3, 0.4) is 0 Å². The van der Waals surface area contributed by atoms with E-state index in [9.17, 15) is 5.11 Å². The minimum Gasteiger partial charge on any atom is -0.392 e. The van der Waals surface area contributed by atoms with Crippen LogP contribution in [0.15, 0.2) is 60.7 Å². The van der Waals surface area contributed by atoms with Crippen LogP contribution < -0.4 is 0 Å². The summed E-state index contributed by atoms with van der Waals surface area (Å²) in [7, 11) is 0. The quantitative estimate of drug-likeness (QED) is 0.829. The Balaban J connectivity index is 1.97. The number of aliphatic hydroxyl groups is 1. The van der Waals surface area contributed by atoms with Gasteiger partial charge in [0.1, 0.15) is 0 Å². The van der Waals surface area contributed by atoms with Crippen LogP contribution in [0.5, 0.6) is 0 Å². The summed E-state index contributed by atoms with van der Waals surface area (Å²) in [5.74, 6) is 6.18. The van der Waals surface area contributed by atoms with Crippen molar-refractivity contribution >= 4 is 0 Å². The number of hydrogen-bond acceptors (Lipinski definition) is 1. The van der Waals surface area contributed by atoms with Gasteiger partial charge in [0.15, 0.2) is 0 Å². The van der Waals surface area contributed by atoms with Crippen molar-refractivity contribution in [2.45, 2.75) is 19.4 Å². The fraction of sp³-hybridized carbons (Fsp3) is 0.222. The number of benzene rings is 2. The Kier molecular flexibility index (Phi) is 4.78. The largest absolute Gasteiger partial charge is 0.392 e. The Labute approximate surface area is 114 Å². The van der Waals surface area contributed by atoms with Gasteiger partial charge in [-0.3, -0.25) is 0 Å². The number of aliphatic hydroxyl groups excluding tert-OH is 1. The first-order chi connectivity index (χ1) is 9.25. The van der Waals surface area contributed by atoms with Gasteiger partial charge in [-0.15, -0.1) is 0 Å². The molecule has 0 saturated carbocycles. The molecule has 2 aromatic rings.